The number of para-hydroxylation sites is 2. The average molecular weight is 1380 g/mol. The fourth-order valence-electron chi connectivity index (χ4n) is 15.2. The summed E-state index contributed by atoms with van der Waals surface area (Å²) in [5, 5.41) is 4.79. The van der Waals surface area contributed by atoms with Crippen molar-refractivity contribution >= 4 is 89.8 Å². The van der Waals surface area contributed by atoms with Gasteiger partial charge in [0.2, 0.25) is 0 Å². The van der Waals surface area contributed by atoms with E-state index in [9.17, 15) is 0 Å². The minimum Gasteiger partial charge on any atom is -0.310 e. The standard InChI is InChI=1S/C104H74N4/c1-5-23-75(24-6-1)77-47-59-93(60-48-77)105(91-37-9-3-10-38-91)99-41-19-35-89(73-99)87-33-18-34-88(72-87)90-36-20-42-100(74-90)106(94-61-49-78(50-62-94)76-25-7-2-8-26-76)95-63-51-79(52-64-95)80-53-65-97(66-54-80)108(104-46-22-30-84-28-14-16-44-102(84)104)98-69-57-82(58-70-98)86-32-17-31-85(71-86)81-55-67-96(68-56-81)107(92-39-11-4-12-40-92)103-45-21-29-83-27-13-15-43-101(83)103/h1-74H. The lowest BCUT2D eigenvalue weighted by atomic mass is 9.97. The van der Waals surface area contributed by atoms with Crippen LogP contribution in [0, 0.1) is 0 Å². The van der Waals surface area contributed by atoms with E-state index in [-0.39, 0.29) is 0 Å². The summed E-state index contributed by atoms with van der Waals surface area (Å²) in [6.45, 7) is 0. The number of nitrogens with zero attached hydrogens (tertiary/aromatic N) is 4. The molecule has 0 bridgehead atoms. The SMILES string of the molecule is c1ccc(-c2ccc(N(c3ccccc3)c3cccc(-c4cccc(-c5cccc(N(c6ccc(-c7ccccc7)cc6)c6ccc(-c7ccc(N(c8ccc(-c9cccc(-c%10ccc(N(c%11ccccc%11)c%11cccc%12ccccc%11%12)cc%10)c9)cc8)c8cccc9ccccc89)cc7)cc6)c5)c4)c3)cc2)cc1. The van der Waals surface area contributed by atoms with Gasteiger partial charge in [0.15, 0.2) is 0 Å². The lowest BCUT2D eigenvalue weighted by Gasteiger charge is -2.27. The van der Waals surface area contributed by atoms with Gasteiger partial charge in [-0.05, 0) is 234 Å². The van der Waals surface area contributed by atoms with Crippen LogP contribution >= 0.6 is 0 Å². The second-order valence-electron chi connectivity index (χ2n) is 27.3. The first-order chi connectivity index (χ1) is 53.5. The molecule has 0 aliphatic rings. The Morgan fingerprint density at radius 2 is 0.306 bits per heavy atom. The molecular weight excluding hydrogens is 1310 g/mol. The molecule has 0 unspecified atom stereocenters. The highest BCUT2D eigenvalue weighted by molar-refractivity contribution is 6.01. The summed E-state index contributed by atoms with van der Waals surface area (Å²) in [6, 6.07) is 163. The maximum Gasteiger partial charge on any atom is 0.0540 e. The Kier molecular flexibility index (Phi) is 18.1. The quantitative estimate of drug-likeness (QED) is 0.0800. The smallest absolute Gasteiger partial charge is 0.0540 e. The Morgan fingerprint density at radius 1 is 0.111 bits per heavy atom. The van der Waals surface area contributed by atoms with E-state index in [4.69, 9.17) is 0 Å². The van der Waals surface area contributed by atoms with Crippen LogP contribution in [0.2, 0.25) is 0 Å². The topological polar surface area (TPSA) is 13.0 Å². The minimum atomic E-state index is 1.05. The van der Waals surface area contributed by atoms with Gasteiger partial charge in [0.25, 0.3) is 0 Å². The Hall–Kier alpha value is -14.3. The number of rotatable bonds is 19. The summed E-state index contributed by atoms with van der Waals surface area (Å²) in [7, 11) is 0. The molecule has 0 heterocycles. The van der Waals surface area contributed by atoms with E-state index in [1.807, 2.05) is 0 Å². The Balaban J connectivity index is 0.630. The number of hydrogen-bond donors (Lipinski definition) is 0. The maximum atomic E-state index is 2.39. The second-order valence-corrected chi connectivity index (χ2v) is 27.3. The summed E-state index contributed by atoms with van der Waals surface area (Å²) in [5.41, 5.74) is 29.2. The molecule has 18 rings (SSSR count). The lowest BCUT2D eigenvalue weighted by molar-refractivity contribution is 1.28. The van der Waals surface area contributed by atoms with E-state index in [1.54, 1.807) is 0 Å². The van der Waals surface area contributed by atoms with Crippen molar-refractivity contribution in [3.8, 4) is 77.9 Å². The molecule has 0 amide bonds. The van der Waals surface area contributed by atoms with Gasteiger partial charge in [0, 0.05) is 67.6 Å². The molecule has 18 aromatic carbocycles. The van der Waals surface area contributed by atoms with Crippen molar-refractivity contribution in [1.82, 2.24) is 0 Å². The van der Waals surface area contributed by atoms with E-state index in [1.165, 1.54) is 43.8 Å². The summed E-state index contributed by atoms with van der Waals surface area (Å²) < 4.78 is 0. The summed E-state index contributed by atoms with van der Waals surface area (Å²) in [4.78, 5) is 9.46. The zero-order chi connectivity index (χ0) is 72.0. The Morgan fingerprint density at radius 3 is 0.639 bits per heavy atom. The van der Waals surface area contributed by atoms with Gasteiger partial charge in [-0.15, -0.1) is 0 Å². The highest BCUT2D eigenvalue weighted by Gasteiger charge is 2.21. The van der Waals surface area contributed by atoms with Crippen molar-refractivity contribution in [3.63, 3.8) is 0 Å². The van der Waals surface area contributed by atoms with E-state index in [2.05, 4.69) is 469 Å². The zero-order valence-corrected chi connectivity index (χ0v) is 59.5. The number of anilines is 12. The molecule has 4 nitrogen and oxygen atoms in total. The Labute approximate surface area is 632 Å². The van der Waals surface area contributed by atoms with E-state index in [0.29, 0.717) is 0 Å². The molecule has 0 aliphatic heterocycles. The normalized spacial score (nSPS) is 11.1. The molecule has 4 heteroatoms. The molecule has 0 aliphatic carbocycles. The van der Waals surface area contributed by atoms with E-state index in [0.717, 1.165) is 124 Å². The van der Waals surface area contributed by atoms with Crippen molar-refractivity contribution in [2.24, 2.45) is 0 Å². The van der Waals surface area contributed by atoms with Crippen LogP contribution in [-0.4, -0.2) is 0 Å². The predicted octanol–water partition coefficient (Wildman–Crippen LogP) is 29.5. The van der Waals surface area contributed by atoms with Gasteiger partial charge in [-0.2, -0.15) is 0 Å². The average Bonchev–Trinajstić information content (AvgIpc) is 0.777. The van der Waals surface area contributed by atoms with Crippen LogP contribution < -0.4 is 19.6 Å². The molecule has 0 atom stereocenters. The van der Waals surface area contributed by atoms with Crippen LogP contribution in [0.1, 0.15) is 0 Å². The first-order valence-electron chi connectivity index (χ1n) is 36.9. The van der Waals surface area contributed by atoms with E-state index < -0.39 is 0 Å². The molecule has 0 aromatic heterocycles. The fraction of sp³-hybridized carbons (Fsp3) is 0. The predicted molar refractivity (Wildman–Crippen MR) is 458 cm³/mol. The number of benzene rings is 18. The third-order valence-electron chi connectivity index (χ3n) is 20.6. The van der Waals surface area contributed by atoms with Gasteiger partial charge < -0.3 is 19.6 Å². The van der Waals surface area contributed by atoms with Crippen LogP contribution in [0.4, 0.5) is 68.2 Å². The largest absolute Gasteiger partial charge is 0.310 e. The molecule has 0 saturated carbocycles. The molecule has 108 heavy (non-hydrogen) atoms. The van der Waals surface area contributed by atoms with Gasteiger partial charge in [0.1, 0.15) is 0 Å². The van der Waals surface area contributed by atoms with Crippen LogP contribution in [0.5, 0.6) is 0 Å². The molecule has 0 fully saturated rings. The van der Waals surface area contributed by atoms with Crippen LogP contribution in [0.15, 0.2) is 449 Å². The first-order valence-corrected chi connectivity index (χ1v) is 36.9. The third-order valence-corrected chi connectivity index (χ3v) is 20.6. The van der Waals surface area contributed by atoms with Gasteiger partial charge >= 0.3 is 0 Å². The van der Waals surface area contributed by atoms with Crippen LogP contribution in [-0.2, 0) is 0 Å². The third kappa shape index (κ3) is 13.6. The molecule has 0 N–H and O–H groups in total. The van der Waals surface area contributed by atoms with Crippen molar-refractivity contribution in [1.29, 1.82) is 0 Å². The van der Waals surface area contributed by atoms with Gasteiger partial charge in [-0.25, -0.2) is 0 Å². The summed E-state index contributed by atoms with van der Waals surface area (Å²) in [6.07, 6.45) is 0. The molecule has 510 valence electrons. The van der Waals surface area contributed by atoms with Gasteiger partial charge in [-0.3, -0.25) is 0 Å². The monoisotopic (exact) mass is 1380 g/mol. The molecule has 0 radical (unpaired) electrons. The van der Waals surface area contributed by atoms with Crippen molar-refractivity contribution in [3.05, 3.63) is 449 Å². The molecule has 0 saturated heterocycles. The molecular formula is C104H74N4. The zero-order valence-electron chi connectivity index (χ0n) is 59.5. The van der Waals surface area contributed by atoms with Gasteiger partial charge in [-0.1, -0.05) is 303 Å². The highest BCUT2D eigenvalue weighted by Crippen LogP contribution is 2.46. The first kappa shape index (κ1) is 65.7. The molecule has 18 aromatic rings. The van der Waals surface area contributed by atoms with Crippen LogP contribution in [0.3, 0.4) is 0 Å². The summed E-state index contributed by atoms with van der Waals surface area (Å²) >= 11 is 0. The van der Waals surface area contributed by atoms with Crippen molar-refractivity contribution in [2.45, 2.75) is 0 Å². The van der Waals surface area contributed by atoms with Crippen molar-refractivity contribution in [2.75, 3.05) is 19.6 Å². The highest BCUT2D eigenvalue weighted by atomic mass is 15.2. The lowest BCUT2D eigenvalue weighted by Crippen LogP contribution is -2.10. The van der Waals surface area contributed by atoms with Gasteiger partial charge in [0.05, 0.1) is 11.4 Å². The second kappa shape index (κ2) is 29.8. The number of fused-ring (bicyclic) bond motifs is 2. The van der Waals surface area contributed by atoms with Crippen LogP contribution in [0.25, 0.3) is 99.4 Å². The van der Waals surface area contributed by atoms with Crippen molar-refractivity contribution < 1.29 is 0 Å². The fourth-order valence-corrected chi connectivity index (χ4v) is 15.2. The minimum absolute atomic E-state index is 1.05. The molecule has 0 spiro atoms. The van der Waals surface area contributed by atoms with E-state index >= 15 is 0 Å². The summed E-state index contributed by atoms with van der Waals surface area (Å²) in [5.74, 6) is 0. The number of hydrogen-bond acceptors (Lipinski definition) is 4. The maximum absolute atomic E-state index is 2.39. The Bertz CT molecular complexity index is 6120.